The van der Waals surface area contributed by atoms with E-state index in [1.807, 2.05) is 18.2 Å². The minimum Gasteiger partial charge on any atom is -0.490 e. The van der Waals surface area contributed by atoms with E-state index in [0.717, 1.165) is 23.3 Å². The smallest absolute Gasteiger partial charge is 0.297 e. The lowest BCUT2D eigenvalue weighted by atomic mass is 10.3. The summed E-state index contributed by atoms with van der Waals surface area (Å²) in [6, 6.07) is 17.3. The predicted molar refractivity (Wildman–Crippen MR) is 99.1 cm³/mol. The first-order chi connectivity index (χ1) is 11.5. The second-order valence-corrected chi connectivity index (χ2v) is 12.4. The molecule has 0 unspecified atom stereocenters. The van der Waals surface area contributed by atoms with Crippen LogP contribution in [0.5, 0.6) is 11.8 Å². The van der Waals surface area contributed by atoms with E-state index in [9.17, 15) is 0 Å². The van der Waals surface area contributed by atoms with E-state index in [2.05, 4.69) is 59.5 Å². The maximum Gasteiger partial charge on any atom is 0.297 e. The number of aromatic nitrogens is 2. The molecule has 0 N–H and O–H groups in total. The zero-order valence-electron chi connectivity index (χ0n) is 14.3. The van der Waals surface area contributed by atoms with Crippen molar-refractivity contribution in [3.05, 3.63) is 48.5 Å². The molecule has 0 spiro atoms. The molecule has 1 atom stereocenters. The number of para-hydroxylation sites is 2. The summed E-state index contributed by atoms with van der Waals surface area (Å²) in [6.07, 6.45) is 0.00812. The van der Waals surface area contributed by atoms with Gasteiger partial charge in [0.2, 0.25) is 0 Å². The van der Waals surface area contributed by atoms with Gasteiger partial charge >= 0.3 is 0 Å². The average Bonchev–Trinajstić information content (AvgIpc) is 3.10. The number of nitrogens with zero attached hydrogens (tertiary/aromatic N) is 2. The number of ether oxygens (including phenoxy) is 2. The van der Waals surface area contributed by atoms with Crippen molar-refractivity contribution < 1.29 is 9.47 Å². The SMILES string of the molecule is C[Si](C)(C)c1ccc(OC[C@@H]2Cn3c(nc4ccccc43)O2)cc1. The number of fused-ring (bicyclic) bond motifs is 3. The molecule has 0 aliphatic carbocycles. The highest BCUT2D eigenvalue weighted by atomic mass is 28.3. The second-order valence-electron chi connectivity index (χ2n) is 7.32. The van der Waals surface area contributed by atoms with Crippen molar-refractivity contribution in [1.29, 1.82) is 0 Å². The Bertz CT molecular complexity index is 865. The number of hydrogen-bond donors (Lipinski definition) is 0. The average molecular weight is 338 g/mol. The van der Waals surface area contributed by atoms with Gasteiger partial charge in [0.1, 0.15) is 12.4 Å². The van der Waals surface area contributed by atoms with Gasteiger partial charge in [0, 0.05) is 0 Å². The molecule has 4 nitrogen and oxygen atoms in total. The summed E-state index contributed by atoms with van der Waals surface area (Å²) in [7, 11) is -1.26. The van der Waals surface area contributed by atoms with E-state index in [1.165, 1.54) is 5.19 Å². The van der Waals surface area contributed by atoms with Crippen molar-refractivity contribution in [3.8, 4) is 11.8 Å². The Labute approximate surface area is 143 Å². The molecule has 0 amide bonds. The quantitative estimate of drug-likeness (QED) is 0.684. The minimum absolute atomic E-state index is 0.00812. The molecule has 0 saturated carbocycles. The topological polar surface area (TPSA) is 36.3 Å². The van der Waals surface area contributed by atoms with Gasteiger partial charge in [0.25, 0.3) is 6.01 Å². The Morgan fingerprint density at radius 2 is 1.88 bits per heavy atom. The van der Waals surface area contributed by atoms with Crippen molar-refractivity contribution in [3.63, 3.8) is 0 Å². The van der Waals surface area contributed by atoms with E-state index in [-0.39, 0.29) is 6.10 Å². The van der Waals surface area contributed by atoms with Crippen LogP contribution in [0.1, 0.15) is 0 Å². The molecule has 0 radical (unpaired) electrons. The van der Waals surface area contributed by atoms with Crippen LogP contribution in [0.2, 0.25) is 19.6 Å². The Balaban J connectivity index is 1.40. The van der Waals surface area contributed by atoms with Gasteiger partial charge < -0.3 is 9.47 Å². The van der Waals surface area contributed by atoms with Crippen molar-refractivity contribution in [1.82, 2.24) is 9.55 Å². The van der Waals surface area contributed by atoms with Crippen LogP contribution in [0.15, 0.2) is 48.5 Å². The van der Waals surface area contributed by atoms with Gasteiger partial charge in [-0.05, 0) is 24.3 Å². The van der Waals surface area contributed by atoms with Crippen LogP contribution < -0.4 is 14.7 Å². The van der Waals surface area contributed by atoms with Crippen LogP contribution in [0, 0.1) is 0 Å². The number of rotatable bonds is 4. The first-order valence-corrected chi connectivity index (χ1v) is 11.9. The molecule has 2 heterocycles. The number of hydrogen-bond acceptors (Lipinski definition) is 3. The van der Waals surface area contributed by atoms with Gasteiger partial charge in [0.05, 0.1) is 25.7 Å². The predicted octanol–water partition coefficient (Wildman–Crippen LogP) is 3.42. The molecule has 5 heteroatoms. The van der Waals surface area contributed by atoms with Gasteiger partial charge in [-0.25, -0.2) is 0 Å². The maximum absolute atomic E-state index is 5.93. The minimum atomic E-state index is -1.26. The summed E-state index contributed by atoms with van der Waals surface area (Å²) in [5.74, 6) is 0.898. The van der Waals surface area contributed by atoms with E-state index >= 15 is 0 Å². The molecule has 0 fully saturated rings. The van der Waals surface area contributed by atoms with Gasteiger partial charge in [-0.1, -0.05) is 49.1 Å². The fraction of sp³-hybridized carbons (Fsp3) is 0.316. The van der Waals surface area contributed by atoms with Gasteiger partial charge in [-0.15, -0.1) is 0 Å². The highest BCUT2D eigenvalue weighted by Gasteiger charge is 2.26. The van der Waals surface area contributed by atoms with Crippen LogP contribution in [-0.4, -0.2) is 30.3 Å². The fourth-order valence-electron chi connectivity index (χ4n) is 3.04. The number of imidazole rings is 1. The largest absolute Gasteiger partial charge is 0.490 e. The summed E-state index contributed by atoms with van der Waals surface area (Å²) in [6.45, 7) is 8.36. The summed E-state index contributed by atoms with van der Waals surface area (Å²) in [5.41, 5.74) is 2.10. The van der Waals surface area contributed by atoms with Crippen molar-refractivity contribution in [2.24, 2.45) is 0 Å². The molecule has 3 aromatic rings. The maximum atomic E-state index is 5.93. The molecule has 0 saturated heterocycles. The molecule has 1 aromatic heterocycles. The lowest BCUT2D eigenvalue weighted by Gasteiger charge is -2.17. The van der Waals surface area contributed by atoms with E-state index in [1.54, 1.807) is 0 Å². The third-order valence-electron chi connectivity index (χ3n) is 4.43. The fourth-order valence-corrected chi connectivity index (χ4v) is 4.20. The highest BCUT2D eigenvalue weighted by Crippen LogP contribution is 2.27. The Hall–Kier alpha value is -2.27. The molecule has 124 valence electrons. The van der Waals surface area contributed by atoms with Crippen molar-refractivity contribution >= 4 is 24.3 Å². The number of benzene rings is 2. The summed E-state index contributed by atoms with van der Waals surface area (Å²) < 4.78 is 14.0. The molecule has 24 heavy (non-hydrogen) atoms. The Morgan fingerprint density at radius 3 is 2.62 bits per heavy atom. The molecular formula is C19H22N2O2Si. The zero-order valence-corrected chi connectivity index (χ0v) is 15.3. The van der Waals surface area contributed by atoms with Gasteiger partial charge in [-0.2, -0.15) is 4.98 Å². The first kappa shape index (κ1) is 15.3. The molecule has 2 aromatic carbocycles. The Morgan fingerprint density at radius 1 is 1.12 bits per heavy atom. The summed E-state index contributed by atoms with van der Waals surface area (Å²) in [4.78, 5) is 4.53. The van der Waals surface area contributed by atoms with E-state index in [4.69, 9.17) is 9.47 Å². The molecule has 0 bridgehead atoms. The van der Waals surface area contributed by atoms with Crippen LogP contribution >= 0.6 is 0 Å². The zero-order chi connectivity index (χ0) is 16.7. The van der Waals surface area contributed by atoms with Crippen LogP contribution in [0.4, 0.5) is 0 Å². The molecule has 1 aliphatic rings. The highest BCUT2D eigenvalue weighted by molar-refractivity contribution is 6.88. The van der Waals surface area contributed by atoms with E-state index < -0.39 is 8.07 Å². The van der Waals surface area contributed by atoms with Crippen LogP contribution in [0.25, 0.3) is 11.0 Å². The van der Waals surface area contributed by atoms with Gasteiger partial charge in [0.15, 0.2) is 6.10 Å². The van der Waals surface area contributed by atoms with Crippen molar-refractivity contribution in [2.75, 3.05) is 6.61 Å². The lowest BCUT2D eigenvalue weighted by molar-refractivity contribution is 0.144. The van der Waals surface area contributed by atoms with Crippen molar-refractivity contribution in [2.45, 2.75) is 32.3 Å². The summed E-state index contributed by atoms with van der Waals surface area (Å²) >= 11 is 0. The first-order valence-electron chi connectivity index (χ1n) is 8.36. The molecule has 1 aliphatic heterocycles. The summed E-state index contributed by atoms with van der Waals surface area (Å²) in [5, 5.41) is 1.44. The normalized spacial score (nSPS) is 16.9. The Kier molecular flexibility index (Phi) is 3.60. The monoisotopic (exact) mass is 338 g/mol. The molecule has 4 rings (SSSR count). The lowest BCUT2D eigenvalue weighted by Crippen LogP contribution is -2.37. The second kappa shape index (κ2) is 5.67. The van der Waals surface area contributed by atoms with E-state index in [0.29, 0.717) is 12.6 Å². The molecular weight excluding hydrogens is 316 g/mol. The van der Waals surface area contributed by atoms with Crippen LogP contribution in [-0.2, 0) is 6.54 Å². The standard InChI is InChI=1S/C19H22N2O2Si/c1-24(2,3)16-10-8-14(9-11-16)22-13-15-12-21-18-7-5-4-6-17(18)20-19(21)23-15/h4-11,15H,12-13H2,1-3H3/t15-/m0/s1. The van der Waals surface area contributed by atoms with Gasteiger partial charge in [-0.3, -0.25) is 4.57 Å². The van der Waals surface area contributed by atoms with Crippen LogP contribution in [0.3, 0.4) is 0 Å². The third-order valence-corrected chi connectivity index (χ3v) is 6.50. The third kappa shape index (κ3) is 2.80.